The zero-order valence-corrected chi connectivity index (χ0v) is 17.0. The van der Waals surface area contributed by atoms with Gasteiger partial charge in [0.15, 0.2) is 11.5 Å². The number of hydrogen-bond acceptors (Lipinski definition) is 6. The quantitative estimate of drug-likeness (QED) is 0.687. The normalized spacial score (nSPS) is 15.5. The number of likely N-dealkylation sites (N-methyl/N-ethyl adjacent to an activating group) is 1. The Kier molecular flexibility index (Phi) is 5.71. The summed E-state index contributed by atoms with van der Waals surface area (Å²) in [5.41, 5.74) is 1.74. The van der Waals surface area contributed by atoms with E-state index in [1.807, 2.05) is 47.0 Å². The lowest BCUT2D eigenvalue weighted by Gasteiger charge is -2.33. The smallest absolute Gasteiger partial charge is 0.233 e. The SMILES string of the molecule is CNC(=O)CN1CCC(CN(C)c2ccc3nnc(-c4ccccc4)n3n2)CC1. The molecule has 1 amide bonds. The number of benzene rings is 1. The monoisotopic (exact) mass is 393 g/mol. The summed E-state index contributed by atoms with van der Waals surface area (Å²) >= 11 is 0. The second kappa shape index (κ2) is 8.57. The number of amides is 1. The van der Waals surface area contributed by atoms with Gasteiger partial charge in [0.1, 0.15) is 5.82 Å². The number of hydrogen-bond donors (Lipinski definition) is 1. The van der Waals surface area contributed by atoms with E-state index in [0.29, 0.717) is 12.5 Å². The van der Waals surface area contributed by atoms with E-state index in [2.05, 4.69) is 32.4 Å². The molecule has 1 fully saturated rings. The molecular formula is C21H27N7O. The number of nitrogens with zero attached hydrogens (tertiary/aromatic N) is 6. The van der Waals surface area contributed by atoms with Crippen LogP contribution in [0.5, 0.6) is 0 Å². The molecule has 8 nitrogen and oxygen atoms in total. The number of fused-ring (bicyclic) bond motifs is 1. The highest BCUT2D eigenvalue weighted by Gasteiger charge is 2.22. The van der Waals surface area contributed by atoms with E-state index in [0.717, 1.165) is 55.3 Å². The van der Waals surface area contributed by atoms with Crippen molar-refractivity contribution in [2.75, 3.05) is 45.2 Å². The van der Waals surface area contributed by atoms with Gasteiger partial charge in [-0.15, -0.1) is 15.3 Å². The molecule has 0 unspecified atom stereocenters. The van der Waals surface area contributed by atoms with Gasteiger partial charge in [-0.1, -0.05) is 30.3 Å². The molecule has 3 aromatic rings. The molecule has 1 aromatic carbocycles. The Hall–Kier alpha value is -3.00. The first-order valence-electron chi connectivity index (χ1n) is 10.1. The summed E-state index contributed by atoms with van der Waals surface area (Å²) in [6.45, 7) is 3.35. The number of nitrogens with one attached hydrogen (secondary N) is 1. The lowest BCUT2D eigenvalue weighted by molar-refractivity contribution is -0.122. The molecule has 1 saturated heterocycles. The maximum atomic E-state index is 11.6. The summed E-state index contributed by atoms with van der Waals surface area (Å²) in [5, 5.41) is 16.1. The number of likely N-dealkylation sites (tertiary alicyclic amines) is 1. The maximum Gasteiger partial charge on any atom is 0.233 e. The minimum atomic E-state index is 0.0845. The van der Waals surface area contributed by atoms with Crippen molar-refractivity contribution in [2.45, 2.75) is 12.8 Å². The summed E-state index contributed by atoms with van der Waals surface area (Å²) < 4.78 is 1.81. The molecule has 1 N–H and O–H groups in total. The van der Waals surface area contributed by atoms with E-state index in [-0.39, 0.29) is 5.91 Å². The number of rotatable bonds is 6. The number of carbonyl (C=O) groups excluding carboxylic acids is 1. The van der Waals surface area contributed by atoms with Crippen molar-refractivity contribution in [3.05, 3.63) is 42.5 Å². The van der Waals surface area contributed by atoms with Gasteiger partial charge in [-0.05, 0) is 44.0 Å². The Morgan fingerprint density at radius 2 is 1.90 bits per heavy atom. The first-order chi connectivity index (χ1) is 14.1. The third kappa shape index (κ3) is 4.37. The van der Waals surface area contributed by atoms with Crippen molar-refractivity contribution in [1.29, 1.82) is 0 Å². The lowest BCUT2D eigenvalue weighted by atomic mass is 9.96. The fourth-order valence-corrected chi connectivity index (χ4v) is 3.84. The molecule has 3 heterocycles. The summed E-state index contributed by atoms with van der Waals surface area (Å²) in [5.74, 6) is 2.33. The minimum Gasteiger partial charge on any atom is -0.358 e. The molecule has 0 spiro atoms. The van der Waals surface area contributed by atoms with E-state index in [9.17, 15) is 4.79 Å². The van der Waals surface area contributed by atoms with Crippen LogP contribution in [0.2, 0.25) is 0 Å². The van der Waals surface area contributed by atoms with Crippen LogP contribution in [-0.4, -0.2) is 70.9 Å². The highest BCUT2D eigenvalue weighted by molar-refractivity contribution is 5.77. The van der Waals surface area contributed by atoms with Crippen LogP contribution in [0.1, 0.15) is 12.8 Å². The van der Waals surface area contributed by atoms with E-state index < -0.39 is 0 Å². The molecule has 2 aromatic heterocycles. The van der Waals surface area contributed by atoms with Crippen molar-refractivity contribution < 1.29 is 4.79 Å². The summed E-state index contributed by atoms with van der Waals surface area (Å²) in [6, 6.07) is 14.0. The first-order valence-corrected chi connectivity index (χ1v) is 10.1. The zero-order chi connectivity index (χ0) is 20.2. The molecule has 1 aliphatic heterocycles. The average molecular weight is 393 g/mol. The van der Waals surface area contributed by atoms with Crippen molar-refractivity contribution in [1.82, 2.24) is 30.0 Å². The van der Waals surface area contributed by atoms with Crippen molar-refractivity contribution in [2.24, 2.45) is 5.92 Å². The van der Waals surface area contributed by atoms with Crippen LogP contribution in [0, 0.1) is 5.92 Å². The molecular weight excluding hydrogens is 366 g/mol. The van der Waals surface area contributed by atoms with Gasteiger partial charge in [-0.3, -0.25) is 9.69 Å². The fourth-order valence-electron chi connectivity index (χ4n) is 3.84. The van der Waals surface area contributed by atoms with Gasteiger partial charge in [-0.2, -0.15) is 4.52 Å². The molecule has 0 saturated carbocycles. The topological polar surface area (TPSA) is 78.7 Å². The highest BCUT2D eigenvalue weighted by Crippen LogP contribution is 2.22. The summed E-state index contributed by atoms with van der Waals surface area (Å²) in [6.07, 6.45) is 2.18. The maximum absolute atomic E-state index is 11.6. The highest BCUT2D eigenvalue weighted by atomic mass is 16.1. The number of aromatic nitrogens is 4. The van der Waals surface area contributed by atoms with Gasteiger partial charge in [-0.25, -0.2) is 0 Å². The van der Waals surface area contributed by atoms with Crippen LogP contribution in [0.15, 0.2) is 42.5 Å². The summed E-state index contributed by atoms with van der Waals surface area (Å²) in [4.78, 5) is 16.0. The van der Waals surface area contributed by atoms with Gasteiger partial charge in [0.25, 0.3) is 0 Å². The van der Waals surface area contributed by atoms with Gasteiger partial charge in [0, 0.05) is 26.2 Å². The molecule has 4 rings (SSSR count). The third-order valence-electron chi connectivity index (χ3n) is 5.56. The Morgan fingerprint density at radius 3 is 2.62 bits per heavy atom. The van der Waals surface area contributed by atoms with E-state index in [1.165, 1.54) is 0 Å². The Morgan fingerprint density at radius 1 is 1.14 bits per heavy atom. The molecule has 0 atom stereocenters. The van der Waals surface area contributed by atoms with Gasteiger partial charge < -0.3 is 10.2 Å². The van der Waals surface area contributed by atoms with Gasteiger partial charge >= 0.3 is 0 Å². The third-order valence-corrected chi connectivity index (χ3v) is 5.56. The largest absolute Gasteiger partial charge is 0.358 e. The number of anilines is 1. The van der Waals surface area contributed by atoms with Crippen molar-refractivity contribution in [3.63, 3.8) is 0 Å². The Bertz CT molecular complexity index is 964. The predicted octanol–water partition coefficient (Wildman–Crippen LogP) is 1.69. The second-order valence-corrected chi connectivity index (χ2v) is 7.62. The second-order valence-electron chi connectivity index (χ2n) is 7.62. The van der Waals surface area contributed by atoms with Crippen LogP contribution < -0.4 is 10.2 Å². The molecule has 8 heteroatoms. The van der Waals surface area contributed by atoms with E-state index in [1.54, 1.807) is 7.05 Å². The van der Waals surface area contributed by atoms with Crippen molar-refractivity contribution in [3.8, 4) is 11.4 Å². The number of carbonyl (C=O) groups is 1. The molecule has 152 valence electrons. The summed E-state index contributed by atoms with van der Waals surface area (Å²) in [7, 11) is 3.77. The predicted molar refractivity (Wildman–Crippen MR) is 113 cm³/mol. The molecule has 0 bridgehead atoms. The van der Waals surface area contributed by atoms with E-state index in [4.69, 9.17) is 5.10 Å². The van der Waals surface area contributed by atoms with Gasteiger partial charge in [0.2, 0.25) is 5.91 Å². The Balaban J connectivity index is 1.43. The van der Waals surface area contributed by atoms with Crippen LogP contribution in [-0.2, 0) is 4.79 Å². The zero-order valence-electron chi connectivity index (χ0n) is 17.0. The van der Waals surface area contributed by atoms with Crippen LogP contribution in [0.4, 0.5) is 5.82 Å². The van der Waals surface area contributed by atoms with Crippen LogP contribution in [0.3, 0.4) is 0 Å². The Labute approximate surface area is 170 Å². The lowest BCUT2D eigenvalue weighted by Crippen LogP contribution is -2.42. The fraction of sp³-hybridized carbons (Fsp3) is 0.429. The van der Waals surface area contributed by atoms with Crippen molar-refractivity contribution >= 4 is 17.4 Å². The molecule has 0 aliphatic carbocycles. The minimum absolute atomic E-state index is 0.0845. The number of piperidine rings is 1. The van der Waals surface area contributed by atoms with Gasteiger partial charge in [0.05, 0.1) is 6.54 Å². The molecule has 0 radical (unpaired) electrons. The van der Waals surface area contributed by atoms with Crippen LogP contribution in [0.25, 0.3) is 17.0 Å². The molecule has 1 aliphatic rings. The van der Waals surface area contributed by atoms with E-state index >= 15 is 0 Å². The first kappa shape index (κ1) is 19.3. The molecule has 29 heavy (non-hydrogen) atoms. The standard InChI is InChI=1S/C21H27N7O/c1-22-20(29)15-27-12-10-16(11-13-27)14-26(2)19-9-8-18-23-24-21(28(18)25-19)17-6-4-3-5-7-17/h3-9,16H,10-15H2,1-2H3,(H,22,29). The van der Waals surface area contributed by atoms with Crippen LogP contribution >= 0.6 is 0 Å². The average Bonchev–Trinajstić information content (AvgIpc) is 3.19.